The lowest BCUT2D eigenvalue weighted by Gasteiger charge is -2.27. The van der Waals surface area contributed by atoms with Crippen LogP contribution >= 0.6 is 11.6 Å². The molecule has 12 nitrogen and oxygen atoms in total. The molecule has 0 unspecified atom stereocenters. The smallest absolute Gasteiger partial charge is 0.266 e. The van der Waals surface area contributed by atoms with E-state index in [0.717, 1.165) is 85.9 Å². The van der Waals surface area contributed by atoms with Crippen LogP contribution in [0.3, 0.4) is 0 Å². The Morgan fingerprint density at radius 1 is 0.580 bits per heavy atom. The van der Waals surface area contributed by atoms with Crippen LogP contribution in [-0.4, -0.2) is 100 Å². The number of piperidine rings is 1. The molecule has 4 aliphatic rings. The van der Waals surface area contributed by atoms with Gasteiger partial charge in [-0.2, -0.15) is 0 Å². The molecular formula is C71H109ClF4N10O2. The summed E-state index contributed by atoms with van der Waals surface area (Å²) < 4.78 is 55.5. The number of aromatic nitrogens is 4. The van der Waals surface area contributed by atoms with Crippen molar-refractivity contribution in [1.82, 2.24) is 30.2 Å². The SMILES string of the molecule is C.CCCCCCCCCCCCCCC(=O)Cl.CCCCCCCCCCCCCCC(=O)N1CC=C(c2cc(Nc3cc(C)ccn3)nc(N3CCC(F)(F)C3)c2)CC1.Cc1ccnc(Nc2cc(C3CCNCC3)cc(N3CCC(F)(F)C3)n2)c1. The van der Waals surface area contributed by atoms with Gasteiger partial charge in [-0.15, -0.1) is 0 Å². The highest BCUT2D eigenvalue weighted by Gasteiger charge is 2.40. The maximum Gasteiger partial charge on any atom is 0.266 e. The molecule has 3 N–H and O–H groups in total. The van der Waals surface area contributed by atoms with E-state index >= 15 is 0 Å². The molecule has 0 spiro atoms. The fourth-order valence-electron chi connectivity index (χ4n) is 12.0. The first-order valence-corrected chi connectivity index (χ1v) is 34.0. The van der Waals surface area contributed by atoms with Crippen LogP contribution in [0.4, 0.5) is 52.5 Å². The molecule has 4 aromatic rings. The van der Waals surface area contributed by atoms with Crippen LogP contribution in [0.15, 0.2) is 67.0 Å². The number of amides is 1. The van der Waals surface area contributed by atoms with Crippen LogP contribution < -0.4 is 25.8 Å². The third kappa shape index (κ3) is 28.2. The zero-order valence-corrected chi connectivity index (χ0v) is 54.1. The summed E-state index contributed by atoms with van der Waals surface area (Å²) in [5.74, 6) is -0.930. The predicted molar refractivity (Wildman–Crippen MR) is 360 cm³/mol. The van der Waals surface area contributed by atoms with Gasteiger partial charge in [0.25, 0.3) is 11.8 Å². The molecule has 4 aliphatic heterocycles. The van der Waals surface area contributed by atoms with E-state index in [-0.39, 0.29) is 51.1 Å². The van der Waals surface area contributed by atoms with Gasteiger partial charge in [-0.05, 0) is 153 Å². The average Bonchev–Trinajstić information content (AvgIpc) is 1.94. The van der Waals surface area contributed by atoms with Crippen molar-refractivity contribution in [2.75, 3.05) is 72.8 Å². The van der Waals surface area contributed by atoms with E-state index in [0.29, 0.717) is 73.3 Å². The highest BCUT2D eigenvalue weighted by atomic mass is 35.5. The van der Waals surface area contributed by atoms with Crippen LogP contribution in [0.2, 0.25) is 0 Å². The Balaban J connectivity index is 0.000000267. The van der Waals surface area contributed by atoms with Crippen molar-refractivity contribution in [2.45, 2.75) is 252 Å². The Kier molecular flexibility index (Phi) is 33.7. The molecule has 0 saturated carbocycles. The molecule has 8 rings (SSSR count). The summed E-state index contributed by atoms with van der Waals surface area (Å²) in [7, 11) is 0. The first kappa shape index (κ1) is 73.4. The molecule has 1 amide bonds. The number of rotatable bonds is 34. The molecule has 8 heterocycles. The second kappa shape index (κ2) is 40.4. The number of carbonyl (C=O) groups is 2. The molecule has 0 radical (unpaired) electrons. The van der Waals surface area contributed by atoms with E-state index < -0.39 is 11.8 Å². The average molecular weight is 1250 g/mol. The van der Waals surface area contributed by atoms with Crippen molar-refractivity contribution in [2.24, 2.45) is 0 Å². The summed E-state index contributed by atoms with van der Waals surface area (Å²) in [4.78, 5) is 46.7. The van der Waals surface area contributed by atoms with Gasteiger partial charge in [-0.25, -0.2) is 37.5 Å². The van der Waals surface area contributed by atoms with E-state index in [9.17, 15) is 27.2 Å². The van der Waals surface area contributed by atoms with Gasteiger partial charge in [-0.3, -0.25) is 9.59 Å². The molecule has 3 saturated heterocycles. The van der Waals surface area contributed by atoms with E-state index in [1.807, 2.05) is 67.3 Å². The summed E-state index contributed by atoms with van der Waals surface area (Å²) >= 11 is 5.27. The van der Waals surface area contributed by atoms with Gasteiger partial charge in [0.1, 0.15) is 34.9 Å². The van der Waals surface area contributed by atoms with Crippen molar-refractivity contribution < 1.29 is 27.2 Å². The maximum atomic E-state index is 14.0. The highest BCUT2D eigenvalue weighted by molar-refractivity contribution is 6.63. The first-order valence-electron chi connectivity index (χ1n) is 33.6. The lowest BCUT2D eigenvalue weighted by atomic mass is 9.90. The predicted octanol–water partition coefficient (Wildman–Crippen LogP) is 19.4. The summed E-state index contributed by atoms with van der Waals surface area (Å²) in [6.07, 6.45) is 40.6. The van der Waals surface area contributed by atoms with E-state index in [1.165, 1.54) is 128 Å². The van der Waals surface area contributed by atoms with Gasteiger partial charge >= 0.3 is 0 Å². The molecule has 3 fully saturated rings. The minimum absolute atomic E-state index is 0. The van der Waals surface area contributed by atoms with Crippen molar-refractivity contribution in [3.05, 3.63) is 89.3 Å². The second-order valence-electron chi connectivity index (χ2n) is 25.0. The van der Waals surface area contributed by atoms with Gasteiger partial charge < -0.3 is 30.7 Å². The number of unbranched alkanes of at least 4 members (excludes halogenated alkanes) is 22. The Bertz CT molecular complexity index is 2670. The quantitative estimate of drug-likeness (QED) is 0.0235. The number of nitrogens with zero attached hydrogens (tertiary/aromatic N) is 7. The number of aryl methyl sites for hydroxylation is 2. The number of hydrogen-bond donors (Lipinski definition) is 3. The highest BCUT2D eigenvalue weighted by Crippen LogP contribution is 2.37. The van der Waals surface area contributed by atoms with Crippen LogP contribution in [-0.2, 0) is 9.59 Å². The topological polar surface area (TPSA) is 132 Å². The molecule has 0 aromatic carbocycles. The van der Waals surface area contributed by atoms with Crippen molar-refractivity contribution in [3.8, 4) is 0 Å². The lowest BCUT2D eigenvalue weighted by Crippen LogP contribution is -2.34. The Morgan fingerprint density at radius 2 is 1.02 bits per heavy atom. The summed E-state index contributed by atoms with van der Waals surface area (Å²) in [6.45, 7) is 11.7. The minimum atomic E-state index is -2.71. The second-order valence-corrected chi connectivity index (χ2v) is 25.4. The fourth-order valence-corrected chi connectivity index (χ4v) is 12.1. The number of anilines is 6. The Labute approximate surface area is 532 Å². The molecule has 0 aliphatic carbocycles. The molecule has 4 aromatic heterocycles. The van der Waals surface area contributed by atoms with E-state index in [2.05, 4.69) is 55.8 Å². The standard InChI is InChI=1S/C35H51F2N5O.C20H25F2N5.C15H29ClO.CH4/c1-3-4-5-6-7-8-9-10-11-12-13-14-15-34(43)41-21-17-29(18-22-41)30-25-32(39-31-24-28(2)16-20-38-31)40-33(26-30)42-23-19-35(36,37)27-42;1-14-2-8-24-17(10-14)25-18-11-16(15-3-6-23-7-4-15)12-19(26-18)27-9-5-20(21,22)13-27;1-2-3-4-5-6-7-8-9-10-11-12-13-14-15(16)17;/h16-17,20,24-26H,3-15,18-19,21-23,27H2,1-2H3,(H,38,39,40);2,8,10-12,15,23H,3-7,9,13H2,1H3,(H,24,25,26);2-14H2,1H3;1H4. The fraction of sp³-hybridized carbons (Fsp3) is 0.662. The number of halogens is 5. The molecule has 0 atom stereocenters. The van der Waals surface area contributed by atoms with Crippen LogP contribution in [0.5, 0.6) is 0 Å². The third-order valence-electron chi connectivity index (χ3n) is 17.2. The lowest BCUT2D eigenvalue weighted by molar-refractivity contribution is -0.130. The molecule has 17 heteroatoms. The normalized spacial score (nSPS) is 16.2. The van der Waals surface area contributed by atoms with Crippen LogP contribution in [0.1, 0.15) is 248 Å². The van der Waals surface area contributed by atoms with Crippen molar-refractivity contribution in [3.63, 3.8) is 0 Å². The Morgan fingerprint density at radius 3 is 1.44 bits per heavy atom. The van der Waals surface area contributed by atoms with Crippen LogP contribution in [0, 0.1) is 13.8 Å². The zero-order valence-electron chi connectivity index (χ0n) is 53.3. The first-order chi connectivity index (χ1) is 42.1. The van der Waals surface area contributed by atoms with Crippen LogP contribution in [0.25, 0.3) is 5.57 Å². The van der Waals surface area contributed by atoms with Gasteiger partial charge in [0.05, 0.1) is 13.1 Å². The molecule has 490 valence electrons. The van der Waals surface area contributed by atoms with Crippen molar-refractivity contribution >= 4 is 63.2 Å². The van der Waals surface area contributed by atoms with Crippen molar-refractivity contribution in [1.29, 1.82) is 0 Å². The van der Waals surface area contributed by atoms with E-state index in [4.69, 9.17) is 11.6 Å². The van der Waals surface area contributed by atoms with Gasteiger partial charge in [0.15, 0.2) is 0 Å². The number of pyridine rings is 4. The Hall–Kier alpha value is -5.35. The number of nitrogens with one attached hydrogen (secondary N) is 3. The number of hydrogen-bond acceptors (Lipinski definition) is 11. The molecule has 0 bridgehead atoms. The molecular weight excluding hydrogens is 1140 g/mol. The minimum Gasteiger partial charge on any atom is -0.350 e. The third-order valence-corrected chi connectivity index (χ3v) is 17.4. The maximum absolute atomic E-state index is 14.0. The van der Waals surface area contributed by atoms with Gasteiger partial charge in [0, 0.05) is 64.3 Å². The summed E-state index contributed by atoms with van der Waals surface area (Å²) in [6, 6.07) is 15.6. The number of alkyl halides is 4. The van der Waals surface area contributed by atoms with Gasteiger partial charge in [0.2, 0.25) is 11.1 Å². The summed E-state index contributed by atoms with van der Waals surface area (Å²) in [5.41, 5.74) is 5.39. The zero-order chi connectivity index (χ0) is 62.1. The van der Waals surface area contributed by atoms with Gasteiger partial charge in [-0.1, -0.05) is 169 Å². The van der Waals surface area contributed by atoms with E-state index in [1.54, 1.807) is 22.2 Å². The number of carbonyl (C=O) groups excluding carboxylic acids is 2. The monoisotopic (exact) mass is 1240 g/mol. The summed E-state index contributed by atoms with van der Waals surface area (Å²) in [5, 5.41) is 9.71. The molecule has 88 heavy (non-hydrogen) atoms. The largest absolute Gasteiger partial charge is 0.350 e.